The van der Waals surface area contributed by atoms with Crippen LogP contribution >= 0.6 is 0 Å². The fourth-order valence-corrected chi connectivity index (χ4v) is 2.34. The molecule has 0 unspecified atom stereocenters. The predicted molar refractivity (Wildman–Crippen MR) is 81.0 cm³/mol. The van der Waals surface area contributed by atoms with Gasteiger partial charge in [0.2, 0.25) is 0 Å². The lowest BCUT2D eigenvalue weighted by molar-refractivity contribution is 0.712. The Morgan fingerprint density at radius 1 is 1.00 bits per heavy atom. The lowest BCUT2D eigenvalue weighted by atomic mass is 10.1. The molecule has 0 aliphatic carbocycles. The van der Waals surface area contributed by atoms with E-state index in [2.05, 4.69) is 36.2 Å². The number of nitrogens with zero attached hydrogens (tertiary/aromatic N) is 2. The highest BCUT2D eigenvalue weighted by atomic mass is 16.1. The SMILES string of the molecule is Cc1ccc(Cn2c(C)nc3ccccc3c2=O)cc1. The normalized spacial score (nSPS) is 10.9. The summed E-state index contributed by atoms with van der Waals surface area (Å²) in [7, 11) is 0. The number of hydrogen-bond acceptors (Lipinski definition) is 2. The molecule has 1 aromatic heterocycles. The van der Waals surface area contributed by atoms with Crippen molar-refractivity contribution >= 4 is 10.9 Å². The molecule has 0 atom stereocenters. The first kappa shape index (κ1) is 12.6. The van der Waals surface area contributed by atoms with E-state index in [-0.39, 0.29) is 5.56 Å². The number of aryl methyl sites for hydroxylation is 2. The lowest BCUT2D eigenvalue weighted by Gasteiger charge is -2.11. The molecule has 100 valence electrons. The van der Waals surface area contributed by atoms with Crippen LogP contribution in [0.1, 0.15) is 17.0 Å². The summed E-state index contributed by atoms with van der Waals surface area (Å²) in [6, 6.07) is 15.7. The molecule has 0 amide bonds. The summed E-state index contributed by atoms with van der Waals surface area (Å²) in [4.78, 5) is 17.1. The summed E-state index contributed by atoms with van der Waals surface area (Å²) < 4.78 is 1.73. The first-order chi connectivity index (χ1) is 9.65. The van der Waals surface area contributed by atoms with Gasteiger partial charge in [-0.05, 0) is 31.5 Å². The Bertz CT molecular complexity index is 817. The molecule has 1 heterocycles. The monoisotopic (exact) mass is 264 g/mol. The zero-order valence-corrected chi connectivity index (χ0v) is 11.6. The average molecular weight is 264 g/mol. The van der Waals surface area contributed by atoms with Crippen molar-refractivity contribution in [1.82, 2.24) is 9.55 Å². The second-order valence-electron chi connectivity index (χ2n) is 5.05. The zero-order chi connectivity index (χ0) is 14.1. The molecule has 0 saturated heterocycles. The zero-order valence-electron chi connectivity index (χ0n) is 11.6. The molecule has 0 saturated carbocycles. The van der Waals surface area contributed by atoms with Crippen LogP contribution in [0.2, 0.25) is 0 Å². The molecule has 0 fully saturated rings. The van der Waals surface area contributed by atoms with E-state index < -0.39 is 0 Å². The Kier molecular flexibility index (Phi) is 3.11. The van der Waals surface area contributed by atoms with Crippen LogP contribution in [0.5, 0.6) is 0 Å². The molecule has 3 heteroatoms. The number of benzene rings is 2. The van der Waals surface area contributed by atoms with Gasteiger partial charge in [0.1, 0.15) is 5.82 Å². The molecular formula is C17H16N2O. The Balaban J connectivity index is 2.11. The number of hydrogen-bond donors (Lipinski definition) is 0. The first-order valence-corrected chi connectivity index (χ1v) is 6.67. The van der Waals surface area contributed by atoms with E-state index in [0.29, 0.717) is 11.9 Å². The van der Waals surface area contributed by atoms with Crippen molar-refractivity contribution in [2.24, 2.45) is 0 Å². The van der Waals surface area contributed by atoms with E-state index in [1.54, 1.807) is 4.57 Å². The number of para-hydroxylation sites is 1. The summed E-state index contributed by atoms with van der Waals surface area (Å²) in [5.41, 5.74) is 3.11. The van der Waals surface area contributed by atoms with Crippen molar-refractivity contribution in [1.29, 1.82) is 0 Å². The van der Waals surface area contributed by atoms with Gasteiger partial charge in [-0.2, -0.15) is 0 Å². The molecule has 2 aromatic carbocycles. The molecule has 0 aliphatic rings. The molecule has 0 radical (unpaired) electrons. The minimum atomic E-state index is 0.0219. The van der Waals surface area contributed by atoms with E-state index in [1.165, 1.54) is 5.56 Å². The van der Waals surface area contributed by atoms with Crippen LogP contribution in [0.15, 0.2) is 53.3 Å². The highest BCUT2D eigenvalue weighted by Gasteiger charge is 2.07. The van der Waals surface area contributed by atoms with E-state index in [0.717, 1.165) is 16.9 Å². The van der Waals surface area contributed by atoms with Crippen LogP contribution < -0.4 is 5.56 Å². The Morgan fingerprint density at radius 3 is 2.45 bits per heavy atom. The van der Waals surface area contributed by atoms with Crippen LogP contribution in [0, 0.1) is 13.8 Å². The Labute approximate surface area is 117 Å². The predicted octanol–water partition coefficient (Wildman–Crippen LogP) is 3.06. The number of fused-ring (bicyclic) bond motifs is 1. The smallest absolute Gasteiger partial charge is 0.261 e. The summed E-state index contributed by atoms with van der Waals surface area (Å²) in [5, 5.41) is 0.671. The topological polar surface area (TPSA) is 34.9 Å². The minimum Gasteiger partial charge on any atom is -0.292 e. The van der Waals surface area contributed by atoms with Gasteiger partial charge >= 0.3 is 0 Å². The lowest BCUT2D eigenvalue weighted by Crippen LogP contribution is -2.24. The van der Waals surface area contributed by atoms with E-state index in [1.807, 2.05) is 31.2 Å². The standard InChI is InChI=1S/C17H16N2O/c1-12-7-9-14(10-8-12)11-19-13(2)18-16-6-4-3-5-15(16)17(19)20/h3-10H,11H2,1-2H3. The second kappa shape index (κ2) is 4.93. The molecule has 0 N–H and O–H groups in total. The van der Waals surface area contributed by atoms with Crippen molar-refractivity contribution in [3.63, 3.8) is 0 Å². The van der Waals surface area contributed by atoms with Gasteiger partial charge in [-0.15, -0.1) is 0 Å². The summed E-state index contributed by atoms with van der Waals surface area (Å²) in [6.45, 7) is 4.49. The maximum absolute atomic E-state index is 12.5. The molecule has 3 nitrogen and oxygen atoms in total. The molecular weight excluding hydrogens is 248 g/mol. The summed E-state index contributed by atoms with van der Waals surface area (Å²) in [6.07, 6.45) is 0. The molecule has 20 heavy (non-hydrogen) atoms. The minimum absolute atomic E-state index is 0.0219. The van der Waals surface area contributed by atoms with Gasteiger partial charge in [-0.1, -0.05) is 42.0 Å². The third-order valence-corrected chi connectivity index (χ3v) is 3.51. The van der Waals surface area contributed by atoms with Gasteiger partial charge in [0, 0.05) is 0 Å². The second-order valence-corrected chi connectivity index (χ2v) is 5.05. The van der Waals surface area contributed by atoms with Crippen molar-refractivity contribution in [2.45, 2.75) is 20.4 Å². The van der Waals surface area contributed by atoms with Crippen LogP contribution in [-0.4, -0.2) is 9.55 Å². The molecule has 0 bridgehead atoms. The summed E-state index contributed by atoms with van der Waals surface area (Å²) >= 11 is 0. The average Bonchev–Trinajstić information content (AvgIpc) is 2.45. The van der Waals surface area contributed by atoms with E-state index >= 15 is 0 Å². The fraction of sp³-hybridized carbons (Fsp3) is 0.176. The van der Waals surface area contributed by atoms with Crippen LogP contribution in [-0.2, 0) is 6.54 Å². The van der Waals surface area contributed by atoms with Gasteiger partial charge in [-0.25, -0.2) is 4.98 Å². The summed E-state index contributed by atoms with van der Waals surface area (Å²) in [5.74, 6) is 0.745. The largest absolute Gasteiger partial charge is 0.292 e. The van der Waals surface area contributed by atoms with E-state index in [4.69, 9.17) is 0 Å². The van der Waals surface area contributed by atoms with Crippen molar-refractivity contribution < 1.29 is 0 Å². The van der Waals surface area contributed by atoms with Crippen molar-refractivity contribution in [2.75, 3.05) is 0 Å². The Hall–Kier alpha value is -2.42. The highest BCUT2D eigenvalue weighted by molar-refractivity contribution is 5.77. The fourth-order valence-electron chi connectivity index (χ4n) is 2.34. The quantitative estimate of drug-likeness (QED) is 0.713. The van der Waals surface area contributed by atoms with Gasteiger partial charge in [0.05, 0.1) is 17.4 Å². The maximum atomic E-state index is 12.5. The van der Waals surface area contributed by atoms with E-state index in [9.17, 15) is 4.79 Å². The first-order valence-electron chi connectivity index (χ1n) is 6.67. The molecule has 3 aromatic rings. The van der Waals surface area contributed by atoms with Gasteiger partial charge in [0.15, 0.2) is 0 Å². The number of aromatic nitrogens is 2. The number of rotatable bonds is 2. The van der Waals surface area contributed by atoms with Crippen LogP contribution in [0.25, 0.3) is 10.9 Å². The van der Waals surface area contributed by atoms with Gasteiger partial charge in [0.25, 0.3) is 5.56 Å². The highest BCUT2D eigenvalue weighted by Crippen LogP contribution is 2.10. The van der Waals surface area contributed by atoms with Gasteiger partial charge in [-0.3, -0.25) is 9.36 Å². The van der Waals surface area contributed by atoms with Crippen molar-refractivity contribution in [3.05, 3.63) is 75.8 Å². The third-order valence-electron chi connectivity index (χ3n) is 3.51. The third kappa shape index (κ3) is 2.23. The van der Waals surface area contributed by atoms with Crippen LogP contribution in [0.4, 0.5) is 0 Å². The Morgan fingerprint density at radius 2 is 1.70 bits per heavy atom. The van der Waals surface area contributed by atoms with Crippen LogP contribution in [0.3, 0.4) is 0 Å². The molecule has 3 rings (SSSR count). The van der Waals surface area contributed by atoms with Gasteiger partial charge < -0.3 is 0 Å². The maximum Gasteiger partial charge on any atom is 0.261 e. The van der Waals surface area contributed by atoms with Crippen molar-refractivity contribution in [3.8, 4) is 0 Å². The molecule has 0 aliphatic heterocycles. The molecule has 0 spiro atoms.